The van der Waals surface area contributed by atoms with Crippen LogP contribution >= 0.6 is 0 Å². The van der Waals surface area contributed by atoms with Crippen molar-refractivity contribution < 1.29 is 19.1 Å². The summed E-state index contributed by atoms with van der Waals surface area (Å²) >= 11 is 0. The van der Waals surface area contributed by atoms with E-state index >= 15 is 0 Å². The monoisotopic (exact) mass is 477 g/mol. The van der Waals surface area contributed by atoms with Crippen molar-refractivity contribution >= 4 is 17.6 Å². The molecule has 2 aromatic rings. The topological polar surface area (TPSA) is 71.4 Å². The van der Waals surface area contributed by atoms with Crippen molar-refractivity contribution in [3.63, 3.8) is 0 Å². The molecule has 0 bridgehead atoms. The first-order valence-corrected chi connectivity index (χ1v) is 12.4. The van der Waals surface area contributed by atoms with E-state index in [9.17, 15) is 9.59 Å². The summed E-state index contributed by atoms with van der Waals surface area (Å²) in [6.07, 6.45) is 2.07. The van der Waals surface area contributed by atoms with Gasteiger partial charge in [-0.1, -0.05) is 35.9 Å². The van der Waals surface area contributed by atoms with Crippen LogP contribution in [0.1, 0.15) is 54.5 Å². The molecule has 0 N–H and O–H groups in total. The van der Waals surface area contributed by atoms with Gasteiger partial charge >= 0.3 is 5.97 Å². The molecule has 2 aliphatic rings. The molecular formula is C28H35N3O4. The van der Waals surface area contributed by atoms with Crippen LogP contribution in [0, 0.1) is 19.8 Å². The lowest BCUT2D eigenvalue weighted by Crippen LogP contribution is -2.43. The van der Waals surface area contributed by atoms with Crippen LogP contribution in [0.4, 0.5) is 0 Å². The number of aryl methyl sites for hydroxylation is 2. The van der Waals surface area contributed by atoms with E-state index in [4.69, 9.17) is 14.6 Å². The van der Waals surface area contributed by atoms with Crippen LogP contribution in [-0.2, 0) is 14.3 Å². The first-order valence-electron chi connectivity index (χ1n) is 12.4. The molecule has 35 heavy (non-hydrogen) atoms. The number of amides is 1. The van der Waals surface area contributed by atoms with E-state index in [1.54, 1.807) is 12.1 Å². The van der Waals surface area contributed by atoms with E-state index in [-0.39, 0.29) is 30.4 Å². The first kappa shape index (κ1) is 24.9. The van der Waals surface area contributed by atoms with Gasteiger partial charge in [0.1, 0.15) is 5.75 Å². The standard InChI is InChI=1S/C28H35N3O4/c1-5-35-28(33)21-11-13-30(14-12-21)18-27(32)31-26(24-15-19(2)9-10-20(24)3)17-25(29-31)22-7-6-8-23(16-22)34-4/h6-10,15-16,21,26H,5,11-14,17-18H2,1-4H3/t26-/m1/s1. The van der Waals surface area contributed by atoms with Gasteiger partial charge in [0.05, 0.1) is 37.9 Å². The molecule has 186 valence electrons. The quantitative estimate of drug-likeness (QED) is 0.557. The fourth-order valence-electron chi connectivity index (χ4n) is 4.93. The summed E-state index contributed by atoms with van der Waals surface area (Å²) in [5.74, 6) is 0.542. The van der Waals surface area contributed by atoms with Gasteiger partial charge < -0.3 is 9.47 Å². The van der Waals surface area contributed by atoms with Gasteiger partial charge in [0.25, 0.3) is 5.91 Å². The molecule has 7 heteroatoms. The van der Waals surface area contributed by atoms with Gasteiger partial charge in [0.15, 0.2) is 0 Å². The molecule has 2 heterocycles. The normalized spacial score (nSPS) is 18.9. The number of nitrogens with zero attached hydrogens (tertiary/aromatic N) is 3. The average molecular weight is 478 g/mol. The van der Waals surface area contributed by atoms with Gasteiger partial charge in [-0.15, -0.1) is 0 Å². The average Bonchev–Trinajstić information content (AvgIpc) is 3.32. The highest BCUT2D eigenvalue weighted by molar-refractivity contribution is 6.03. The fourth-order valence-corrected chi connectivity index (χ4v) is 4.93. The van der Waals surface area contributed by atoms with Crippen molar-refractivity contribution in [1.29, 1.82) is 0 Å². The number of benzene rings is 2. The summed E-state index contributed by atoms with van der Waals surface area (Å²) in [5, 5.41) is 6.51. The predicted octanol–water partition coefficient (Wildman–Crippen LogP) is 4.26. The molecule has 1 atom stereocenters. The molecule has 0 saturated carbocycles. The Morgan fingerprint density at radius 1 is 1.09 bits per heavy atom. The molecule has 1 amide bonds. The number of carbonyl (C=O) groups is 2. The molecule has 7 nitrogen and oxygen atoms in total. The maximum atomic E-state index is 13.6. The Labute approximate surface area is 207 Å². The molecule has 0 aliphatic carbocycles. The highest BCUT2D eigenvalue weighted by Gasteiger charge is 2.35. The number of esters is 1. The minimum absolute atomic E-state index is 0.0246. The lowest BCUT2D eigenvalue weighted by Gasteiger charge is -2.32. The van der Waals surface area contributed by atoms with Crippen LogP contribution in [0.15, 0.2) is 47.6 Å². The zero-order chi connectivity index (χ0) is 24.9. The van der Waals surface area contributed by atoms with Gasteiger partial charge in [0, 0.05) is 12.0 Å². The van der Waals surface area contributed by atoms with Crippen molar-refractivity contribution in [1.82, 2.24) is 9.91 Å². The van der Waals surface area contributed by atoms with Crippen LogP contribution in [0.5, 0.6) is 5.75 Å². The van der Waals surface area contributed by atoms with Gasteiger partial charge in [-0.25, -0.2) is 5.01 Å². The van der Waals surface area contributed by atoms with Crippen LogP contribution in [0.25, 0.3) is 0 Å². The van der Waals surface area contributed by atoms with Crippen molar-refractivity contribution in [2.45, 2.75) is 46.1 Å². The van der Waals surface area contributed by atoms with Crippen LogP contribution in [0.2, 0.25) is 0 Å². The minimum Gasteiger partial charge on any atom is -0.497 e. The number of rotatable bonds is 7. The molecule has 0 unspecified atom stereocenters. The number of carbonyl (C=O) groups excluding carboxylic acids is 2. The SMILES string of the molecule is CCOC(=O)C1CCN(CC(=O)N2N=C(c3cccc(OC)c3)C[C@@H]2c2cc(C)ccc2C)CC1. The number of ether oxygens (including phenoxy) is 2. The number of hydrogen-bond donors (Lipinski definition) is 0. The summed E-state index contributed by atoms with van der Waals surface area (Å²) in [5.41, 5.74) is 5.28. The van der Waals surface area contributed by atoms with E-state index in [0.29, 0.717) is 39.0 Å². The van der Waals surface area contributed by atoms with Crippen LogP contribution in [-0.4, -0.2) is 60.8 Å². The third kappa shape index (κ3) is 5.73. The van der Waals surface area contributed by atoms with Gasteiger partial charge in [-0.3, -0.25) is 14.5 Å². The second kappa shape index (κ2) is 11.0. The molecule has 2 aliphatic heterocycles. The summed E-state index contributed by atoms with van der Waals surface area (Å²) in [7, 11) is 1.65. The zero-order valence-corrected chi connectivity index (χ0v) is 21.1. The number of piperidine rings is 1. The summed E-state index contributed by atoms with van der Waals surface area (Å²) in [6.45, 7) is 8.07. The Kier molecular flexibility index (Phi) is 7.86. The van der Waals surface area contributed by atoms with Crippen molar-refractivity contribution in [3.8, 4) is 5.75 Å². The zero-order valence-electron chi connectivity index (χ0n) is 21.1. The molecule has 0 radical (unpaired) electrons. The lowest BCUT2D eigenvalue weighted by atomic mass is 9.93. The Morgan fingerprint density at radius 3 is 2.57 bits per heavy atom. The smallest absolute Gasteiger partial charge is 0.309 e. The maximum absolute atomic E-state index is 13.6. The van der Waals surface area contributed by atoms with Crippen molar-refractivity contribution in [2.75, 3.05) is 33.4 Å². The molecule has 1 fully saturated rings. The number of methoxy groups -OCH3 is 1. The minimum atomic E-state index is -0.152. The predicted molar refractivity (Wildman–Crippen MR) is 135 cm³/mol. The number of likely N-dealkylation sites (tertiary alicyclic amines) is 1. The molecule has 0 spiro atoms. The second-order valence-electron chi connectivity index (χ2n) is 9.40. The highest BCUT2D eigenvalue weighted by atomic mass is 16.5. The third-order valence-electron chi connectivity index (χ3n) is 6.93. The molecule has 1 saturated heterocycles. The number of hydrazone groups is 1. The van der Waals surface area contributed by atoms with Crippen LogP contribution < -0.4 is 4.74 Å². The van der Waals surface area contributed by atoms with Crippen molar-refractivity contribution in [2.24, 2.45) is 11.0 Å². The van der Waals surface area contributed by atoms with E-state index in [2.05, 4.69) is 36.9 Å². The summed E-state index contributed by atoms with van der Waals surface area (Å²) in [6, 6.07) is 14.0. The largest absolute Gasteiger partial charge is 0.497 e. The Morgan fingerprint density at radius 2 is 1.86 bits per heavy atom. The third-order valence-corrected chi connectivity index (χ3v) is 6.93. The Hall–Kier alpha value is -3.19. The van der Waals surface area contributed by atoms with Crippen LogP contribution in [0.3, 0.4) is 0 Å². The fraction of sp³-hybridized carbons (Fsp3) is 0.464. The number of hydrogen-bond acceptors (Lipinski definition) is 6. The van der Waals surface area contributed by atoms with E-state index < -0.39 is 0 Å². The lowest BCUT2D eigenvalue weighted by molar-refractivity contribution is -0.149. The van der Waals surface area contributed by atoms with E-state index in [1.165, 1.54) is 0 Å². The first-order chi connectivity index (χ1) is 16.9. The van der Waals surface area contributed by atoms with Crippen molar-refractivity contribution in [3.05, 3.63) is 64.7 Å². The maximum Gasteiger partial charge on any atom is 0.309 e. The summed E-state index contributed by atoms with van der Waals surface area (Å²) in [4.78, 5) is 27.8. The summed E-state index contributed by atoms with van der Waals surface area (Å²) < 4.78 is 10.6. The Bertz CT molecular complexity index is 1110. The highest BCUT2D eigenvalue weighted by Crippen LogP contribution is 2.35. The molecular weight excluding hydrogens is 442 g/mol. The van der Waals surface area contributed by atoms with E-state index in [0.717, 1.165) is 33.7 Å². The van der Waals surface area contributed by atoms with Gasteiger partial charge in [0.2, 0.25) is 0 Å². The van der Waals surface area contributed by atoms with Gasteiger partial charge in [-0.2, -0.15) is 5.10 Å². The molecule has 0 aromatic heterocycles. The molecule has 4 rings (SSSR count). The Balaban J connectivity index is 1.54. The molecule has 2 aromatic carbocycles. The van der Waals surface area contributed by atoms with E-state index in [1.807, 2.05) is 31.2 Å². The second-order valence-corrected chi connectivity index (χ2v) is 9.40. The van der Waals surface area contributed by atoms with Gasteiger partial charge in [-0.05, 0) is 70.0 Å².